The summed E-state index contributed by atoms with van der Waals surface area (Å²) in [7, 11) is -13.2. The molecule has 0 aliphatic heterocycles. The van der Waals surface area contributed by atoms with Gasteiger partial charge in [-0.15, -0.1) is 0 Å². The molecule has 0 spiro atoms. The van der Waals surface area contributed by atoms with Crippen LogP contribution < -0.4 is 4.13 Å². The van der Waals surface area contributed by atoms with Gasteiger partial charge in [-0.3, -0.25) is 0 Å². The van der Waals surface area contributed by atoms with Crippen LogP contribution in [0.1, 0.15) is 59.3 Å². The topological polar surface area (TPSA) is 83.6 Å². The van der Waals surface area contributed by atoms with Gasteiger partial charge in [-0.25, -0.2) is 16.8 Å². The predicted octanol–water partition coefficient (Wildman–Crippen LogP) is 3.96. The molecular formula is C14H28F6N2O4S2. The third kappa shape index (κ3) is 12.1. The summed E-state index contributed by atoms with van der Waals surface area (Å²) in [6.45, 7) is 10.8. The minimum Gasteiger partial charge on any atom is -0.303 e. The van der Waals surface area contributed by atoms with Gasteiger partial charge in [0.05, 0.1) is 0 Å². The van der Waals surface area contributed by atoms with Crippen molar-refractivity contribution in [2.45, 2.75) is 70.3 Å². The molecule has 0 fully saturated rings. The predicted molar refractivity (Wildman–Crippen MR) is 94.2 cm³/mol. The molecular weight excluding hydrogens is 438 g/mol. The standard InChI is InChI=1S/C12H27N.C2HF6NO4S2/c1-4-7-10-13(11-8-5-2)12-9-6-3;3-1(4,5)14(10,11)9-15(12,13)2(6,7)8/h4-12H2,1-3H3;9H. The third-order valence-corrected chi connectivity index (χ3v) is 6.29. The molecule has 0 aliphatic rings. The Morgan fingerprint density at radius 2 is 0.893 bits per heavy atom. The molecule has 0 atom stereocenters. The first-order valence-corrected chi connectivity index (χ1v) is 11.7. The van der Waals surface area contributed by atoms with E-state index in [1.807, 2.05) is 0 Å². The summed E-state index contributed by atoms with van der Waals surface area (Å²) in [4.78, 5) is 2.64. The van der Waals surface area contributed by atoms with Gasteiger partial charge in [0.15, 0.2) is 0 Å². The fourth-order valence-electron chi connectivity index (χ4n) is 1.72. The van der Waals surface area contributed by atoms with Gasteiger partial charge in [-0.1, -0.05) is 44.2 Å². The second-order valence-electron chi connectivity index (χ2n) is 5.88. The monoisotopic (exact) mass is 466 g/mol. The number of nitrogens with one attached hydrogen (secondary N) is 1. The van der Waals surface area contributed by atoms with Crippen molar-refractivity contribution >= 4 is 20.0 Å². The van der Waals surface area contributed by atoms with E-state index in [-0.39, 0.29) is 0 Å². The fourth-order valence-corrected chi connectivity index (χ4v) is 3.63. The minimum atomic E-state index is -6.60. The highest BCUT2D eigenvalue weighted by Gasteiger charge is 2.55. The summed E-state index contributed by atoms with van der Waals surface area (Å²) in [6, 6.07) is 0. The average molecular weight is 467 g/mol. The van der Waals surface area contributed by atoms with Gasteiger partial charge in [0.1, 0.15) is 0 Å². The molecule has 0 aliphatic carbocycles. The summed E-state index contributed by atoms with van der Waals surface area (Å²) in [5.41, 5.74) is -12.3. The van der Waals surface area contributed by atoms with Gasteiger partial charge in [-0.05, 0) is 38.9 Å². The molecule has 0 radical (unpaired) electrons. The van der Waals surface area contributed by atoms with E-state index in [2.05, 4.69) is 25.7 Å². The molecule has 0 aromatic heterocycles. The van der Waals surface area contributed by atoms with Gasteiger partial charge < -0.3 is 4.90 Å². The van der Waals surface area contributed by atoms with Crippen LogP contribution in [0.25, 0.3) is 0 Å². The van der Waals surface area contributed by atoms with Gasteiger partial charge >= 0.3 is 31.1 Å². The van der Waals surface area contributed by atoms with E-state index in [4.69, 9.17) is 0 Å². The van der Waals surface area contributed by atoms with E-state index in [9.17, 15) is 43.2 Å². The number of hydrogen-bond acceptors (Lipinski definition) is 5. The average Bonchev–Trinajstić information content (AvgIpc) is 2.51. The maximum atomic E-state index is 11.5. The molecule has 0 rings (SSSR count). The summed E-state index contributed by atoms with van der Waals surface area (Å²) in [5.74, 6) is 0. The molecule has 28 heavy (non-hydrogen) atoms. The zero-order valence-electron chi connectivity index (χ0n) is 16.0. The van der Waals surface area contributed by atoms with Crippen LogP contribution in [0.3, 0.4) is 0 Å². The molecule has 6 nitrogen and oxygen atoms in total. The number of halogens is 6. The number of rotatable bonds is 11. The van der Waals surface area contributed by atoms with E-state index in [1.165, 1.54) is 58.2 Å². The Balaban J connectivity index is 0. The van der Waals surface area contributed by atoms with Crippen LogP contribution in [0, 0.1) is 0 Å². The van der Waals surface area contributed by atoms with Crippen LogP contribution in [0.4, 0.5) is 26.3 Å². The first-order chi connectivity index (χ1) is 12.6. The van der Waals surface area contributed by atoms with Crippen LogP contribution in [-0.4, -0.2) is 52.4 Å². The lowest BCUT2D eigenvalue weighted by Gasteiger charge is -2.21. The minimum absolute atomic E-state index is 0.493. The first kappa shape index (κ1) is 29.6. The van der Waals surface area contributed by atoms with Crippen molar-refractivity contribution in [2.24, 2.45) is 0 Å². The van der Waals surface area contributed by atoms with E-state index >= 15 is 0 Å². The quantitative estimate of drug-likeness (QED) is 0.466. The van der Waals surface area contributed by atoms with E-state index in [0.29, 0.717) is 0 Å². The van der Waals surface area contributed by atoms with Crippen LogP contribution in [0.2, 0.25) is 0 Å². The van der Waals surface area contributed by atoms with Gasteiger partial charge in [0.2, 0.25) is 0 Å². The lowest BCUT2D eigenvalue weighted by atomic mass is 10.2. The molecule has 0 amide bonds. The normalized spacial score (nSPS) is 13.4. The summed E-state index contributed by atoms with van der Waals surface area (Å²) in [6.07, 6.45) is 8.09. The van der Waals surface area contributed by atoms with Crippen LogP contribution >= 0.6 is 0 Å². The Hall–Kier alpha value is -0.600. The Bertz CT molecular complexity index is 558. The Morgan fingerprint density at radius 3 is 1.07 bits per heavy atom. The summed E-state index contributed by atoms with van der Waals surface area (Å²) >= 11 is 0. The molecule has 0 saturated carbocycles. The maximum Gasteiger partial charge on any atom is 0.512 e. The van der Waals surface area contributed by atoms with E-state index in [0.717, 1.165) is 0 Å². The van der Waals surface area contributed by atoms with Crippen molar-refractivity contribution in [1.82, 2.24) is 9.03 Å². The number of hydrogen-bond donors (Lipinski definition) is 1. The van der Waals surface area contributed by atoms with Gasteiger partial charge in [-0.2, -0.15) is 26.3 Å². The highest BCUT2D eigenvalue weighted by molar-refractivity contribution is 8.05. The molecule has 0 unspecified atom stereocenters. The number of unbranched alkanes of at least 4 members (excludes halogenated alkanes) is 3. The molecule has 0 saturated heterocycles. The third-order valence-electron chi connectivity index (χ3n) is 3.31. The lowest BCUT2D eigenvalue weighted by Crippen LogP contribution is -2.45. The maximum absolute atomic E-state index is 11.5. The van der Waals surface area contributed by atoms with Gasteiger partial charge in [0, 0.05) is 0 Å². The summed E-state index contributed by atoms with van der Waals surface area (Å²) in [5, 5.41) is 0. The Labute approximate surface area is 162 Å². The second-order valence-corrected chi connectivity index (χ2v) is 9.49. The van der Waals surface area contributed by atoms with Crippen LogP contribution in [-0.2, 0) is 20.0 Å². The molecule has 14 heteroatoms. The second kappa shape index (κ2) is 12.9. The Kier molecular flexibility index (Phi) is 13.6. The van der Waals surface area contributed by atoms with E-state index < -0.39 is 35.2 Å². The van der Waals surface area contributed by atoms with Crippen molar-refractivity contribution in [3.8, 4) is 0 Å². The zero-order chi connectivity index (χ0) is 22.6. The van der Waals surface area contributed by atoms with Crippen molar-refractivity contribution in [3.63, 3.8) is 0 Å². The molecule has 0 aromatic rings. The van der Waals surface area contributed by atoms with Crippen molar-refractivity contribution in [3.05, 3.63) is 0 Å². The molecule has 0 bridgehead atoms. The van der Waals surface area contributed by atoms with Crippen molar-refractivity contribution in [1.29, 1.82) is 0 Å². The largest absolute Gasteiger partial charge is 0.512 e. The molecule has 172 valence electrons. The molecule has 1 N–H and O–H groups in total. The fraction of sp³-hybridized carbons (Fsp3) is 1.00. The van der Waals surface area contributed by atoms with Crippen LogP contribution in [0.5, 0.6) is 0 Å². The number of alkyl halides is 6. The number of sulfonamides is 2. The van der Waals surface area contributed by atoms with Crippen LogP contribution in [0.15, 0.2) is 0 Å². The lowest BCUT2D eigenvalue weighted by molar-refractivity contribution is -0.0476. The Morgan fingerprint density at radius 1 is 0.643 bits per heavy atom. The van der Waals surface area contributed by atoms with E-state index in [1.54, 1.807) is 0 Å². The molecule has 0 heterocycles. The van der Waals surface area contributed by atoms with Crippen molar-refractivity contribution in [2.75, 3.05) is 19.6 Å². The SMILES string of the molecule is CCCCN(CCCC)CCCC.O=S(=O)(NS(=O)(=O)C(F)(F)F)C(F)(F)F. The first-order valence-electron chi connectivity index (χ1n) is 8.69. The van der Waals surface area contributed by atoms with Crippen molar-refractivity contribution < 1.29 is 43.2 Å². The highest BCUT2D eigenvalue weighted by Crippen LogP contribution is 2.27. The highest BCUT2D eigenvalue weighted by atomic mass is 32.3. The zero-order valence-corrected chi connectivity index (χ0v) is 17.7. The summed E-state index contributed by atoms with van der Waals surface area (Å²) < 4.78 is 108. The number of nitrogens with zero attached hydrogens (tertiary/aromatic N) is 1. The molecule has 0 aromatic carbocycles. The van der Waals surface area contributed by atoms with Gasteiger partial charge in [0.25, 0.3) is 0 Å². The smallest absolute Gasteiger partial charge is 0.303 e.